The highest BCUT2D eigenvalue weighted by molar-refractivity contribution is 4.73. The maximum atomic E-state index is 6.43. The molecular formula is C20H42O. The molecule has 1 nitrogen and oxygen atoms in total. The highest BCUT2D eigenvalue weighted by Crippen LogP contribution is 2.30. The van der Waals surface area contributed by atoms with Crippen LogP contribution in [0.5, 0.6) is 0 Å². The number of rotatable bonds is 12. The Balaban J connectivity index is 4.29. The van der Waals surface area contributed by atoms with Gasteiger partial charge in [0.25, 0.3) is 0 Å². The Kier molecular flexibility index (Phi) is 9.85. The molecule has 0 aromatic carbocycles. The van der Waals surface area contributed by atoms with Crippen molar-refractivity contribution in [3.63, 3.8) is 0 Å². The smallest absolute Gasteiger partial charge is 0.0576 e. The summed E-state index contributed by atoms with van der Waals surface area (Å²) in [7, 11) is 0. The fourth-order valence-electron chi connectivity index (χ4n) is 2.47. The van der Waals surface area contributed by atoms with Crippen LogP contribution < -0.4 is 0 Å². The first-order valence-corrected chi connectivity index (χ1v) is 9.35. The van der Waals surface area contributed by atoms with Gasteiger partial charge in [-0.25, -0.2) is 0 Å². The van der Waals surface area contributed by atoms with Gasteiger partial charge in [-0.15, -0.1) is 0 Å². The van der Waals surface area contributed by atoms with Crippen LogP contribution in [0.4, 0.5) is 0 Å². The van der Waals surface area contributed by atoms with Crippen molar-refractivity contribution in [1.82, 2.24) is 0 Å². The largest absolute Gasteiger partial charge is 0.375 e. The minimum atomic E-state index is 0.450. The summed E-state index contributed by atoms with van der Waals surface area (Å²) in [6.07, 6.45) is 10.7. The normalized spacial score (nSPS) is 16.0. The molecule has 0 aliphatic heterocycles. The van der Waals surface area contributed by atoms with Gasteiger partial charge in [-0.2, -0.15) is 0 Å². The summed E-state index contributed by atoms with van der Waals surface area (Å²) in [4.78, 5) is 0. The van der Waals surface area contributed by atoms with Gasteiger partial charge in [0.05, 0.1) is 12.2 Å². The molecule has 0 bridgehead atoms. The molecule has 0 heterocycles. The number of hydrogen-bond donors (Lipinski definition) is 0. The SMILES string of the molecule is CCC(CCC(C)(C)CC)OC(CC)CCC(C)(C)CC. The van der Waals surface area contributed by atoms with Crippen LogP contribution in [0, 0.1) is 10.8 Å². The van der Waals surface area contributed by atoms with E-state index in [0.29, 0.717) is 23.0 Å². The van der Waals surface area contributed by atoms with Crippen LogP contribution in [0.2, 0.25) is 0 Å². The molecule has 0 N–H and O–H groups in total. The minimum absolute atomic E-state index is 0.450. The lowest BCUT2D eigenvalue weighted by molar-refractivity contribution is -0.0333. The summed E-state index contributed by atoms with van der Waals surface area (Å²) in [6, 6.07) is 0. The second kappa shape index (κ2) is 9.87. The Morgan fingerprint density at radius 2 is 1.00 bits per heavy atom. The Bertz CT molecular complexity index is 229. The van der Waals surface area contributed by atoms with E-state index in [1.165, 1.54) is 38.5 Å². The van der Waals surface area contributed by atoms with Crippen LogP contribution in [0.1, 0.15) is 107 Å². The zero-order valence-corrected chi connectivity index (χ0v) is 16.2. The lowest BCUT2D eigenvalue weighted by Crippen LogP contribution is -2.25. The Morgan fingerprint density at radius 1 is 0.667 bits per heavy atom. The van der Waals surface area contributed by atoms with Crippen LogP contribution in [0.15, 0.2) is 0 Å². The van der Waals surface area contributed by atoms with Crippen LogP contribution in [-0.2, 0) is 4.74 Å². The second-order valence-electron chi connectivity index (χ2n) is 8.31. The Hall–Kier alpha value is -0.0400. The lowest BCUT2D eigenvalue weighted by atomic mass is 9.83. The Labute approximate surface area is 135 Å². The summed E-state index contributed by atoms with van der Waals surface area (Å²) >= 11 is 0. The van der Waals surface area contributed by atoms with E-state index in [1.54, 1.807) is 0 Å². The predicted octanol–water partition coefficient (Wildman–Crippen LogP) is 6.99. The summed E-state index contributed by atoms with van der Waals surface area (Å²) in [5.41, 5.74) is 0.922. The summed E-state index contributed by atoms with van der Waals surface area (Å²) in [5.74, 6) is 0. The van der Waals surface area contributed by atoms with Gasteiger partial charge >= 0.3 is 0 Å². The summed E-state index contributed by atoms with van der Waals surface area (Å²) in [5, 5.41) is 0. The van der Waals surface area contributed by atoms with E-state index in [4.69, 9.17) is 4.74 Å². The van der Waals surface area contributed by atoms with E-state index < -0.39 is 0 Å². The predicted molar refractivity (Wildman–Crippen MR) is 95.9 cm³/mol. The quantitative estimate of drug-likeness (QED) is 0.377. The van der Waals surface area contributed by atoms with Crippen molar-refractivity contribution >= 4 is 0 Å². The molecule has 0 saturated heterocycles. The third-order valence-corrected chi connectivity index (χ3v) is 5.50. The fourth-order valence-corrected chi connectivity index (χ4v) is 2.47. The monoisotopic (exact) mass is 298 g/mol. The minimum Gasteiger partial charge on any atom is -0.375 e. The molecule has 0 aliphatic rings. The van der Waals surface area contributed by atoms with Crippen molar-refractivity contribution in [3.05, 3.63) is 0 Å². The van der Waals surface area contributed by atoms with Crippen LogP contribution in [0.25, 0.3) is 0 Å². The van der Waals surface area contributed by atoms with E-state index in [0.717, 1.165) is 12.8 Å². The van der Waals surface area contributed by atoms with Gasteiger partial charge in [-0.1, -0.05) is 68.2 Å². The van der Waals surface area contributed by atoms with E-state index in [2.05, 4.69) is 55.4 Å². The molecule has 128 valence electrons. The zero-order chi connectivity index (χ0) is 16.5. The third kappa shape index (κ3) is 9.55. The standard InChI is InChI=1S/C20H42O/c1-9-17(13-15-19(5,6)11-3)21-18(10-2)14-16-20(7,8)12-4/h17-18H,9-16H2,1-8H3. The molecule has 0 aromatic rings. The van der Waals surface area contributed by atoms with Gasteiger partial charge in [0.1, 0.15) is 0 Å². The first-order valence-electron chi connectivity index (χ1n) is 9.35. The molecule has 21 heavy (non-hydrogen) atoms. The highest BCUT2D eigenvalue weighted by atomic mass is 16.5. The molecule has 0 aromatic heterocycles. The van der Waals surface area contributed by atoms with Crippen LogP contribution in [0.3, 0.4) is 0 Å². The van der Waals surface area contributed by atoms with Gasteiger partial charge in [-0.3, -0.25) is 0 Å². The van der Waals surface area contributed by atoms with Crippen molar-refractivity contribution in [3.8, 4) is 0 Å². The average molecular weight is 299 g/mol. The third-order valence-electron chi connectivity index (χ3n) is 5.50. The molecule has 0 amide bonds. The molecule has 0 rings (SSSR count). The van der Waals surface area contributed by atoms with E-state index >= 15 is 0 Å². The van der Waals surface area contributed by atoms with Gasteiger partial charge in [-0.05, 0) is 49.4 Å². The first kappa shape index (κ1) is 21.0. The highest BCUT2D eigenvalue weighted by Gasteiger charge is 2.22. The van der Waals surface area contributed by atoms with Crippen LogP contribution in [-0.4, -0.2) is 12.2 Å². The Morgan fingerprint density at radius 3 is 1.24 bits per heavy atom. The van der Waals surface area contributed by atoms with Crippen molar-refractivity contribution < 1.29 is 4.74 Å². The lowest BCUT2D eigenvalue weighted by Gasteiger charge is -2.30. The number of ether oxygens (including phenoxy) is 1. The van der Waals surface area contributed by atoms with Gasteiger partial charge in [0.15, 0.2) is 0 Å². The van der Waals surface area contributed by atoms with Gasteiger partial charge < -0.3 is 4.74 Å². The number of hydrogen-bond acceptors (Lipinski definition) is 1. The molecular weight excluding hydrogens is 256 g/mol. The summed E-state index contributed by atoms with van der Waals surface area (Å²) < 4.78 is 6.43. The van der Waals surface area contributed by atoms with Crippen molar-refractivity contribution in [1.29, 1.82) is 0 Å². The second-order valence-corrected chi connectivity index (χ2v) is 8.31. The van der Waals surface area contributed by atoms with Crippen LogP contribution >= 0.6 is 0 Å². The molecule has 0 radical (unpaired) electrons. The molecule has 0 fully saturated rings. The van der Waals surface area contributed by atoms with Crippen molar-refractivity contribution in [2.24, 2.45) is 10.8 Å². The molecule has 0 aliphatic carbocycles. The fraction of sp³-hybridized carbons (Fsp3) is 1.00. The molecule has 0 spiro atoms. The maximum Gasteiger partial charge on any atom is 0.0576 e. The molecule has 2 unspecified atom stereocenters. The maximum absolute atomic E-state index is 6.43. The summed E-state index contributed by atoms with van der Waals surface area (Å²) in [6.45, 7) is 18.6. The zero-order valence-electron chi connectivity index (χ0n) is 16.2. The van der Waals surface area contributed by atoms with E-state index in [9.17, 15) is 0 Å². The molecule has 2 atom stereocenters. The molecule has 1 heteroatoms. The first-order chi connectivity index (χ1) is 9.69. The van der Waals surface area contributed by atoms with E-state index in [-0.39, 0.29) is 0 Å². The average Bonchev–Trinajstić information content (AvgIpc) is 2.46. The van der Waals surface area contributed by atoms with Gasteiger partial charge in [0, 0.05) is 0 Å². The van der Waals surface area contributed by atoms with Crippen molar-refractivity contribution in [2.75, 3.05) is 0 Å². The van der Waals surface area contributed by atoms with Crippen molar-refractivity contribution in [2.45, 2.75) is 119 Å². The molecule has 0 saturated carbocycles. The van der Waals surface area contributed by atoms with Gasteiger partial charge in [0.2, 0.25) is 0 Å². The van der Waals surface area contributed by atoms with E-state index in [1.807, 2.05) is 0 Å². The topological polar surface area (TPSA) is 9.23 Å².